The van der Waals surface area contributed by atoms with Gasteiger partial charge in [-0.3, -0.25) is 4.99 Å². The zero-order valence-corrected chi connectivity index (χ0v) is 9.80. The molecule has 0 heterocycles. The predicted molar refractivity (Wildman–Crippen MR) is 66.2 cm³/mol. The normalized spacial score (nSPS) is 11.1. The second kappa shape index (κ2) is 8.26. The van der Waals surface area contributed by atoms with Crippen molar-refractivity contribution >= 4 is 30.2 Å². The number of nitrogens with zero attached hydrogens (tertiary/aromatic N) is 1. The van der Waals surface area contributed by atoms with Gasteiger partial charge in [-0.2, -0.15) is 0 Å². The molecule has 0 aromatic heterocycles. The molecule has 0 saturated heterocycles. The molecule has 74 valence electrons. The topological polar surface area (TPSA) is 24.4 Å². The van der Waals surface area contributed by atoms with E-state index in [1.165, 1.54) is 4.24 Å². The van der Waals surface area contributed by atoms with E-state index in [2.05, 4.69) is 30.5 Å². The third-order valence-electron chi connectivity index (χ3n) is 1.07. The average Bonchev–Trinajstić information content (AvgIpc) is 2.04. The number of hydrogen-bond donors (Lipinski definition) is 1. The first-order chi connectivity index (χ1) is 6.20. The molecule has 0 aliphatic heterocycles. The van der Waals surface area contributed by atoms with Crippen LogP contribution in [0.2, 0.25) is 0 Å². The van der Waals surface area contributed by atoms with E-state index in [1.54, 1.807) is 29.7 Å². The van der Waals surface area contributed by atoms with Crippen molar-refractivity contribution in [2.45, 2.75) is 13.8 Å². The zero-order valence-electron chi connectivity index (χ0n) is 8.17. The van der Waals surface area contributed by atoms with Gasteiger partial charge in [-0.05, 0) is 19.4 Å². The van der Waals surface area contributed by atoms with Gasteiger partial charge in [-0.25, -0.2) is 0 Å². The lowest BCUT2D eigenvalue weighted by molar-refractivity contribution is 0.968. The molecule has 2 nitrogen and oxygen atoms in total. The van der Waals surface area contributed by atoms with E-state index in [0.29, 0.717) is 0 Å². The van der Waals surface area contributed by atoms with Crippen LogP contribution in [0.25, 0.3) is 0 Å². The van der Waals surface area contributed by atoms with Gasteiger partial charge in [-0.15, -0.1) is 11.8 Å². The highest BCUT2D eigenvalue weighted by atomic mass is 32.2. The van der Waals surface area contributed by atoms with E-state index >= 15 is 0 Å². The van der Waals surface area contributed by atoms with Crippen molar-refractivity contribution in [1.82, 2.24) is 5.32 Å². The lowest BCUT2D eigenvalue weighted by Gasteiger charge is -2.06. The van der Waals surface area contributed by atoms with E-state index in [9.17, 15) is 0 Å². The summed E-state index contributed by atoms with van der Waals surface area (Å²) >= 11 is 3.49. The Bertz CT molecular complexity index is 200. The van der Waals surface area contributed by atoms with E-state index in [-0.39, 0.29) is 0 Å². The Kier molecular flexibility index (Phi) is 8.04. The summed E-state index contributed by atoms with van der Waals surface area (Å²) in [5.41, 5.74) is 0.986. The van der Waals surface area contributed by atoms with Gasteiger partial charge < -0.3 is 5.32 Å². The largest absolute Gasteiger partial charge is 0.380 e. The molecule has 0 unspecified atom stereocenters. The fraction of sp³-hybridized carbons (Fsp3) is 0.444. The minimum absolute atomic E-state index is 0.837. The molecule has 0 aromatic rings. The predicted octanol–water partition coefficient (Wildman–Crippen LogP) is 3.05. The number of rotatable bonds is 7. The summed E-state index contributed by atoms with van der Waals surface area (Å²) in [7, 11) is 0. The summed E-state index contributed by atoms with van der Waals surface area (Å²) < 4.78 is 1.19. The third kappa shape index (κ3) is 7.99. The molecule has 0 rings (SSSR count). The van der Waals surface area contributed by atoms with Crippen molar-refractivity contribution in [2.24, 2.45) is 4.99 Å². The molecule has 1 N–H and O–H groups in total. The Morgan fingerprint density at radius 2 is 2.23 bits per heavy atom. The monoisotopic (exact) mass is 216 g/mol. The molecule has 4 heteroatoms. The van der Waals surface area contributed by atoms with Gasteiger partial charge in [0.2, 0.25) is 0 Å². The maximum atomic E-state index is 3.76. The molecular formula is C9H16N2S2. The SMILES string of the molecule is C=N/C=C(/SCC)SCNC(=C)C. The van der Waals surface area contributed by atoms with Gasteiger partial charge in [0.15, 0.2) is 0 Å². The van der Waals surface area contributed by atoms with E-state index < -0.39 is 0 Å². The molecule has 0 aliphatic rings. The minimum Gasteiger partial charge on any atom is -0.380 e. The summed E-state index contributed by atoms with van der Waals surface area (Å²) in [6.07, 6.45) is 1.79. The zero-order chi connectivity index (χ0) is 10.1. The molecule has 0 spiro atoms. The van der Waals surface area contributed by atoms with Crippen LogP contribution in [0.1, 0.15) is 13.8 Å². The van der Waals surface area contributed by atoms with Crippen molar-refractivity contribution in [1.29, 1.82) is 0 Å². The quantitative estimate of drug-likeness (QED) is 0.523. The van der Waals surface area contributed by atoms with Crippen molar-refractivity contribution in [3.8, 4) is 0 Å². The molecule has 0 amide bonds. The van der Waals surface area contributed by atoms with Crippen molar-refractivity contribution in [3.05, 3.63) is 22.7 Å². The summed E-state index contributed by atoms with van der Waals surface area (Å²) in [5.74, 6) is 1.89. The second-order valence-corrected chi connectivity index (χ2v) is 4.89. The summed E-state index contributed by atoms with van der Waals surface area (Å²) in [5, 5.41) is 3.15. The van der Waals surface area contributed by atoms with Gasteiger partial charge >= 0.3 is 0 Å². The van der Waals surface area contributed by atoms with Crippen molar-refractivity contribution in [3.63, 3.8) is 0 Å². The Balaban J connectivity index is 3.75. The number of hydrogen-bond acceptors (Lipinski definition) is 4. The van der Waals surface area contributed by atoms with Crippen LogP contribution >= 0.6 is 23.5 Å². The Labute approximate surface area is 89.0 Å². The van der Waals surface area contributed by atoms with Gasteiger partial charge in [-0.1, -0.05) is 25.3 Å². The van der Waals surface area contributed by atoms with Crippen LogP contribution in [0.5, 0.6) is 0 Å². The smallest absolute Gasteiger partial charge is 0.0659 e. The molecule has 0 atom stereocenters. The highest BCUT2D eigenvalue weighted by Gasteiger charge is 1.96. The number of thioether (sulfide) groups is 2. The average molecular weight is 216 g/mol. The van der Waals surface area contributed by atoms with Crippen LogP contribution in [0, 0.1) is 0 Å². The summed E-state index contributed by atoms with van der Waals surface area (Å²) in [4.78, 5) is 3.75. The molecule has 0 aromatic carbocycles. The van der Waals surface area contributed by atoms with Gasteiger partial charge in [0.1, 0.15) is 0 Å². The van der Waals surface area contributed by atoms with Crippen LogP contribution in [-0.4, -0.2) is 18.3 Å². The summed E-state index contributed by atoms with van der Waals surface area (Å²) in [6.45, 7) is 11.3. The lowest BCUT2D eigenvalue weighted by Crippen LogP contribution is -2.08. The highest BCUT2D eigenvalue weighted by Crippen LogP contribution is 2.27. The first-order valence-electron chi connectivity index (χ1n) is 4.01. The van der Waals surface area contributed by atoms with Crippen molar-refractivity contribution < 1.29 is 0 Å². The fourth-order valence-electron chi connectivity index (χ4n) is 0.563. The molecular weight excluding hydrogens is 200 g/mol. The first-order valence-corrected chi connectivity index (χ1v) is 5.98. The van der Waals surface area contributed by atoms with E-state index in [4.69, 9.17) is 0 Å². The minimum atomic E-state index is 0.837. The Morgan fingerprint density at radius 1 is 1.54 bits per heavy atom. The van der Waals surface area contributed by atoms with Gasteiger partial charge in [0.25, 0.3) is 0 Å². The van der Waals surface area contributed by atoms with Crippen LogP contribution in [0.15, 0.2) is 27.7 Å². The van der Waals surface area contributed by atoms with Crippen molar-refractivity contribution in [2.75, 3.05) is 11.6 Å². The third-order valence-corrected chi connectivity index (χ3v) is 3.14. The van der Waals surface area contributed by atoms with Crippen LogP contribution in [0.3, 0.4) is 0 Å². The van der Waals surface area contributed by atoms with Gasteiger partial charge in [0.05, 0.1) is 10.1 Å². The Morgan fingerprint density at radius 3 is 2.69 bits per heavy atom. The van der Waals surface area contributed by atoms with E-state index in [0.717, 1.165) is 17.3 Å². The maximum absolute atomic E-state index is 3.76. The summed E-state index contributed by atoms with van der Waals surface area (Å²) in [6, 6.07) is 0. The molecule has 0 saturated carbocycles. The molecule has 13 heavy (non-hydrogen) atoms. The second-order valence-electron chi connectivity index (χ2n) is 2.31. The highest BCUT2D eigenvalue weighted by molar-refractivity contribution is 8.22. The molecule has 0 radical (unpaired) electrons. The lowest BCUT2D eigenvalue weighted by atomic mass is 10.6. The van der Waals surface area contributed by atoms with Gasteiger partial charge in [0, 0.05) is 11.9 Å². The van der Waals surface area contributed by atoms with Crippen LogP contribution in [-0.2, 0) is 0 Å². The molecule has 0 bridgehead atoms. The number of allylic oxidation sites excluding steroid dienone is 1. The number of aliphatic imine (C=N–C) groups is 1. The number of nitrogens with one attached hydrogen (secondary N) is 1. The van der Waals surface area contributed by atoms with Crippen LogP contribution in [0.4, 0.5) is 0 Å². The first kappa shape index (κ1) is 12.7. The standard InChI is InChI=1S/C9H16N2S2/c1-5-12-9(6-10-4)13-7-11-8(2)3/h6,11H,2,4-5,7H2,1,3H3/b9-6-. The molecule has 0 fully saturated rings. The Hall–Kier alpha value is -0.350. The molecule has 0 aliphatic carbocycles. The fourth-order valence-corrected chi connectivity index (χ4v) is 2.47. The maximum Gasteiger partial charge on any atom is 0.0659 e. The van der Waals surface area contributed by atoms with E-state index in [1.807, 2.05) is 6.92 Å². The van der Waals surface area contributed by atoms with Crippen LogP contribution < -0.4 is 5.32 Å².